The van der Waals surface area contributed by atoms with Gasteiger partial charge in [-0.25, -0.2) is 8.42 Å². The zero-order valence-corrected chi connectivity index (χ0v) is 20.0. The van der Waals surface area contributed by atoms with Gasteiger partial charge in [0.1, 0.15) is 5.69 Å². The molecular formula is C24H28N4O4S. The zero-order valence-electron chi connectivity index (χ0n) is 19.2. The van der Waals surface area contributed by atoms with Crippen molar-refractivity contribution >= 4 is 27.2 Å². The number of Topliss-reactive ketones (excluding diaryl/α,β-unsaturated/α-hetero) is 1. The number of aromatic nitrogens is 3. The first-order valence-electron chi connectivity index (χ1n) is 10.7. The number of aryl methyl sites for hydroxylation is 1. The van der Waals surface area contributed by atoms with Crippen molar-refractivity contribution in [3.63, 3.8) is 0 Å². The third-order valence-electron chi connectivity index (χ3n) is 5.55. The van der Waals surface area contributed by atoms with Crippen molar-refractivity contribution in [2.24, 2.45) is 0 Å². The Hall–Kier alpha value is -3.33. The predicted molar refractivity (Wildman–Crippen MR) is 126 cm³/mol. The Labute approximate surface area is 194 Å². The number of pyridine rings is 1. The lowest BCUT2D eigenvalue weighted by Gasteiger charge is -2.21. The van der Waals surface area contributed by atoms with E-state index in [0.717, 1.165) is 12.1 Å². The molecule has 0 unspecified atom stereocenters. The molecule has 3 aromatic rings. The van der Waals surface area contributed by atoms with Gasteiger partial charge in [-0.2, -0.15) is 5.10 Å². The van der Waals surface area contributed by atoms with Crippen LogP contribution < -0.4 is 5.32 Å². The second-order valence-corrected chi connectivity index (χ2v) is 10.5. The number of nitrogens with zero attached hydrogens (tertiary/aromatic N) is 3. The molecule has 1 aromatic carbocycles. The normalized spacial score (nSPS) is 11.9. The van der Waals surface area contributed by atoms with Crippen molar-refractivity contribution in [2.45, 2.75) is 51.0 Å². The molecule has 0 radical (unpaired) electrons. The van der Waals surface area contributed by atoms with Crippen LogP contribution in [0.5, 0.6) is 0 Å². The fourth-order valence-electron chi connectivity index (χ4n) is 3.28. The molecule has 0 aliphatic rings. The molecular weight excluding hydrogens is 440 g/mol. The van der Waals surface area contributed by atoms with Crippen LogP contribution in [0.3, 0.4) is 0 Å². The summed E-state index contributed by atoms with van der Waals surface area (Å²) in [5, 5.41) is 7.00. The highest BCUT2D eigenvalue weighted by atomic mass is 32.2. The van der Waals surface area contributed by atoms with Gasteiger partial charge in [-0.1, -0.05) is 19.1 Å². The number of hydrogen-bond acceptors (Lipinski definition) is 6. The number of benzene rings is 1. The maximum absolute atomic E-state index is 13.0. The minimum absolute atomic E-state index is 0.0257. The van der Waals surface area contributed by atoms with Crippen molar-refractivity contribution in [3.8, 4) is 0 Å². The zero-order chi connectivity index (χ0) is 24.2. The van der Waals surface area contributed by atoms with E-state index in [4.69, 9.17) is 0 Å². The Balaban J connectivity index is 1.64. The molecule has 0 atom stereocenters. The van der Waals surface area contributed by atoms with Gasteiger partial charge in [-0.3, -0.25) is 19.3 Å². The lowest BCUT2D eigenvalue weighted by molar-refractivity contribution is -0.115. The molecule has 174 valence electrons. The van der Waals surface area contributed by atoms with Crippen molar-refractivity contribution in [3.05, 3.63) is 71.8 Å². The Morgan fingerprint density at radius 3 is 2.27 bits per heavy atom. The van der Waals surface area contributed by atoms with Crippen LogP contribution in [0.25, 0.3) is 0 Å². The van der Waals surface area contributed by atoms with E-state index in [0.29, 0.717) is 16.9 Å². The van der Waals surface area contributed by atoms with Gasteiger partial charge in [-0.05, 0) is 50.6 Å². The van der Waals surface area contributed by atoms with E-state index in [2.05, 4.69) is 15.4 Å². The molecule has 0 saturated heterocycles. The molecule has 3 rings (SSSR count). The number of carbonyl (C=O) groups is 2. The van der Waals surface area contributed by atoms with Gasteiger partial charge in [-0.15, -0.1) is 0 Å². The average Bonchev–Trinajstić information content (AvgIpc) is 3.30. The second kappa shape index (κ2) is 9.66. The number of amides is 1. The van der Waals surface area contributed by atoms with Gasteiger partial charge in [0.25, 0.3) is 0 Å². The van der Waals surface area contributed by atoms with E-state index in [-0.39, 0.29) is 28.8 Å². The Kier molecular flexibility index (Phi) is 7.12. The summed E-state index contributed by atoms with van der Waals surface area (Å²) in [6, 6.07) is 9.51. The third kappa shape index (κ3) is 5.54. The highest BCUT2D eigenvalue weighted by Gasteiger charge is 2.32. The smallest absolute Gasteiger partial charge is 0.228 e. The Morgan fingerprint density at radius 2 is 1.73 bits per heavy atom. The van der Waals surface area contributed by atoms with E-state index in [1.54, 1.807) is 42.1 Å². The van der Waals surface area contributed by atoms with Crippen LogP contribution in [0.15, 0.2) is 59.9 Å². The monoisotopic (exact) mass is 468 g/mol. The third-order valence-corrected chi connectivity index (χ3v) is 7.30. The maximum Gasteiger partial charge on any atom is 0.228 e. The van der Waals surface area contributed by atoms with Gasteiger partial charge in [0.15, 0.2) is 15.6 Å². The fraction of sp³-hybridized carbons (Fsp3) is 0.333. The lowest BCUT2D eigenvalue weighted by Crippen LogP contribution is -2.29. The summed E-state index contributed by atoms with van der Waals surface area (Å²) in [5.74, 6) is -0.384. The van der Waals surface area contributed by atoms with Crippen molar-refractivity contribution in [2.75, 3.05) is 11.1 Å². The number of sulfone groups is 1. The fourth-order valence-corrected chi connectivity index (χ4v) is 4.17. The average molecular weight is 469 g/mol. The van der Waals surface area contributed by atoms with E-state index < -0.39 is 15.3 Å². The molecule has 9 heteroatoms. The van der Waals surface area contributed by atoms with Gasteiger partial charge in [0, 0.05) is 18.3 Å². The van der Waals surface area contributed by atoms with Gasteiger partial charge in [0.05, 0.1) is 40.6 Å². The van der Waals surface area contributed by atoms with Gasteiger partial charge >= 0.3 is 0 Å². The maximum atomic E-state index is 13.0. The molecule has 1 N–H and O–H groups in total. The van der Waals surface area contributed by atoms with E-state index in [9.17, 15) is 18.0 Å². The number of carbonyl (C=O) groups excluding carboxylic acids is 2. The summed E-state index contributed by atoms with van der Waals surface area (Å²) in [7, 11) is -3.27. The minimum Gasteiger partial charge on any atom is -0.324 e. The van der Waals surface area contributed by atoms with Crippen molar-refractivity contribution < 1.29 is 18.0 Å². The number of anilines is 1. The molecule has 33 heavy (non-hydrogen) atoms. The molecule has 0 aliphatic heterocycles. The topological polar surface area (TPSA) is 111 Å². The minimum atomic E-state index is -3.27. The van der Waals surface area contributed by atoms with Crippen LogP contribution in [0.1, 0.15) is 49.3 Å². The van der Waals surface area contributed by atoms with Crippen LogP contribution >= 0.6 is 0 Å². The molecule has 0 fully saturated rings. The first-order valence-corrected chi connectivity index (χ1v) is 12.4. The molecule has 0 aliphatic carbocycles. The molecule has 0 saturated carbocycles. The molecule has 0 bridgehead atoms. The highest BCUT2D eigenvalue weighted by molar-refractivity contribution is 7.91. The molecule has 0 spiro atoms. The van der Waals surface area contributed by atoms with Crippen LogP contribution in [0.2, 0.25) is 0 Å². The quantitative estimate of drug-likeness (QED) is 0.482. The van der Waals surface area contributed by atoms with Crippen LogP contribution in [0, 0.1) is 0 Å². The number of rotatable bonds is 9. The van der Waals surface area contributed by atoms with E-state index >= 15 is 0 Å². The standard InChI is InChI=1S/C24H28N4O4S/c1-5-28-16-18(14-26-28)24(3,4)23(30)21-12-9-19(15-25-21)27-22(29)13-17-7-10-20(11-8-17)33(31,32)6-2/h7-12,14-16H,5-6,13H2,1-4H3,(H,27,29). The van der Waals surface area contributed by atoms with Crippen molar-refractivity contribution in [1.29, 1.82) is 0 Å². The number of hydrogen-bond donors (Lipinski definition) is 1. The summed E-state index contributed by atoms with van der Waals surface area (Å²) in [6.07, 6.45) is 5.09. The Morgan fingerprint density at radius 1 is 1.03 bits per heavy atom. The van der Waals surface area contributed by atoms with Gasteiger partial charge < -0.3 is 5.32 Å². The largest absolute Gasteiger partial charge is 0.324 e. The summed E-state index contributed by atoms with van der Waals surface area (Å²) >= 11 is 0. The summed E-state index contributed by atoms with van der Waals surface area (Å²) in [5.41, 5.74) is 1.49. The summed E-state index contributed by atoms with van der Waals surface area (Å²) in [6.45, 7) is 7.96. The van der Waals surface area contributed by atoms with Gasteiger partial charge in [0.2, 0.25) is 5.91 Å². The number of nitrogens with one attached hydrogen (secondary N) is 1. The highest BCUT2D eigenvalue weighted by Crippen LogP contribution is 2.27. The lowest BCUT2D eigenvalue weighted by atomic mass is 9.81. The van der Waals surface area contributed by atoms with E-state index in [1.807, 2.05) is 27.0 Å². The first-order chi connectivity index (χ1) is 15.6. The Bertz CT molecular complexity index is 1240. The summed E-state index contributed by atoms with van der Waals surface area (Å²) in [4.78, 5) is 29.9. The molecule has 2 aromatic heterocycles. The van der Waals surface area contributed by atoms with Crippen LogP contribution in [-0.4, -0.2) is 40.6 Å². The predicted octanol–water partition coefficient (Wildman–Crippen LogP) is 3.43. The second-order valence-electron chi connectivity index (χ2n) is 8.24. The van der Waals surface area contributed by atoms with E-state index in [1.165, 1.54) is 18.3 Å². The molecule has 1 amide bonds. The van der Waals surface area contributed by atoms with Crippen molar-refractivity contribution in [1.82, 2.24) is 14.8 Å². The van der Waals surface area contributed by atoms with Crippen LogP contribution in [0.4, 0.5) is 5.69 Å². The summed E-state index contributed by atoms with van der Waals surface area (Å²) < 4.78 is 25.6. The van der Waals surface area contributed by atoms with Crippen LogP contribution in [-0.2, 0) is 33.0 Å². The molecule has 8 nitrogen and oxygen atoms in total. The molecule has 2 heterocycles. The first kappa shape index (κ1) is 24.3. The number of ketones is 1. The SMILES string of the molecule is CCn1cc(C(C)(C)C(=O)c2ccc(NC(=O)Cc3ccc(S(=O)(=O)CC)cc3)cn2)cn1.